The topological polar surface area (TPSA) is 56.2 Å². The number of imidazole rings is 1. The van der Waals surface area contributed by atoms with Gasteiger partial charge in [0.25, 0.3) is 0 Å². The molecule has 4 rings (SSSR count). The number of amides is 1. The Kier molecular flexibility index (Phi) is 7.14. The first-order chi connectivity index (χ1) is 16.3. The number of thioether (sulfide) groups is 1. The lowest BCUT2D eigenvalue weighted by Gasteiger charge is -2.14. The number of hydrogen-bond donors (Lipinski definition) is 1. The number of carbonyl (C=O) groups excluding carboxylic acids is 1. The van der Waals surface area contributed by atoms with E-state index in [0.717, 1.165) is 11.3 Å². The largest absolute Gasteiger partial charge is 0.573 e. The first-order valence-electron chi connectivity index (χ1n) is 9.96. The van der Waals surface area contributed by atoms with Gasteiger partial charge >= 0.3 is 6.36 Å². The average molecular weight is 504 g/mol. The van der Waals surface area contributed by atoms with Gasteiger partial charge in [0, 0.05) is 22.0 Å². The monoisotopic (exact) mass is 503 g/mol. The molecule has 0 saturated heterocycles. The van der Waals surface area contributed by atoms with Crippen LogP contribution in [0.4, 0.5) is 18.9 Å². The van der Waals surface area contributed by atoms with Crippen molar-refractivity contribution in [2.45, 2.75) is 11.5 Å². The molecule has 0 fully saturated rings. The number of nitrogens with one attached hydrogen (secondary N) is 1. The lowest BCUT2D eigenvalue weighted by atomic mass is 10.1. The van der Waals surface area contributed by atoms with Gasteiger partial charge < -0.3 is 10.1 Å². The van der Waals surface area contributed by atoms with Crippen LogP contribution in [-0.2, 0) is 4.79 Å². The molecule has 34 heavy (non-hydrogen) atoms. The Morgan fingerprint density at radius 2 is 1.68 bits per heavy atom. The second kappa shape index (κ2) is 10.2. The number of ether oxygens (including phenoxy) is 1. The maximum Gasteiger partial charge on any atom is 0.573 e. The summed E-state index contributed by atoms with van der Waals surface area (Å²) in [5.41, 5.74) is 2.78. The van der Waals surface area contributed by atoms with Crippen LogP contribution >= 0.6 is 23.4 Å². The summed E-state index contributed by atoms with van der Waals surface area (Å²) in [7, 11) is 0. The predicted molar refractivity (Wildman–Crippen MR) is 126 cm³/mol. The fourth-order valence-electron chi connectivity index (χ4n) is 3.16. The molecule has 0 radical (unpaired) electrons. The minimum absolute atomic E-state index is 0.0726. The third-order valence-electron chi connectivity index (χ3n) is 4.59. The molecule has 0 aliphatic rings. The van der Waals surface area contributed by atoms with Crippen LogP contribution in [0.25, 0.3) is 16.9 Å². The summed E-state index contributed by atoms with van der Waals surface area (Å²) in [6.45, 7) is 0. The van der Waals surface area contributed by atoms with Crippen molar-refractivity contribution in [3.05, 3.63) is 90.1 Å². The first-order valence-corrected chi connectivity index (χ1v) is 11.3. The normalized spacial score (nSPS) is 11.3. The van der Waals surface area contributed by atoms with Crippen LogP contribution in [-0.4, -0.2) is 27.6 Å². The van der Waals surface area contributed by atoms with E-state index in [2.05, 4.69) is 15.0 Å². The molecule has 174 valence electrons. The number of rotatable bonds is 7. The standard InChI is InChI=1S/C24H17ClF3N3O2S/c25-17-6-8-18(9-7-17)30-22(32)15-34-23-29-14-21(16-4-2-1-3-5-16)31(23)19-10-12-20(13-11-19)33-24(26,27)28/h1-14H,15H2,(H,30,32). The van der Waals surface area contributed by atoms with E-state index in [0.29, 0.717) is 21.6 Å². The SMILES string of the molecule is O=C(CSc1ncc(-c2ccccc2)n1-c1ccc(OC(F)(F)F)cc1)Nc1ccc(Cl)cc1. The van der Waals surface area contributed by atoms with Crippen LogP contribution in [0.3, 0.4) is 0 Å². The van der Waals surface area contributed by atoms with Gasteiger partial charge in [0.1, 0.15) is 5.75 Å². The smallest absolute Gasteiger partial charge is 0.406 e. The molecular formula is C24H17ClF3N3O2S. The molecule has 10 heteroatoms. The zero-order valence-electron chi connectivity index (χ0n) is 17.4. The molecule has 1 heterocycles. The Morgan fingerprint density at radius 1 is 1.00 bits per heavy atom. The molecule has 0 saturated carbocycles. The Labute approximate surface area is 202 Å². The van der Waals surface area contributed by atoms with Crippen molar-refractivity contribution in [2.75, 3.05) is 11.1 Å². The molecule has 0 atom stereocenters. The summed E-state index contributed by atoms with van der Waals surface area (Å²) in [4.78, 5) is 16.9. The maximum absolute atomic E-state index is 12.5. The first kappa shape index (κ1) is 23.7. The number of alkyl halides is 3. The van der Waals surface area contributed by atoms with Crippen molar-refractivity contribution in [3.63, 3.8) is 0 Å². The highest BCUT2D eigenvalue weighted by Gasteiger charge is 2.31. The van der Waals surface area contributed by atoms with Gasteiger partial charge in [-0.15, -0.1) is 13.2 Å². The van der Waals surface area contributed by atoms with Gasteiger partial charge in [0.05, 0.1) is 17.6 Å². The van der Waals surface area contributed by atoms with Crippen LogP contribution in [0.2, 0.25) is 5.02 Å². The van der Waals surface area contributed by atoms with Crippen molar-refractivity contribution in [1.82, 2.24) is 9.55 Å². The highest BCUT2D eigenvalue weighted by Crippen LogP contribution is 2.31. The summed E-state index contributed by atoms with van der Waals surface area (Å²) in [5.74, 6) is -0.491. The second-order valence-electron chi connectivity index (χ2n) is 7.01. The molecule has 1 amide bonds. The van der Waals surface area contributed by atoms with E-state index in [9.17, 15) is 18.0 Å². The predicted octanol–water partition coefficient (Wildman–Crippen LogP) is 6.82. The average Bonchev–Trinajstić information content (AvgIpc) is 3.23. The number of halogens is 4. The van der Waals surface area contributed by atoms with Gasteiger partial charge in [-0.2, -0.15) is 0 Å². The number of aromatic nitrogens is 2. The van der Waals surface area contributed by atoms with Gasteiger partial charge in [-0.25, -0.2) is 4.98 Å². The van der Waals surface area contributed by atoms with Crippen molar-refractivity contribution in [3.8, 4) is 22.7 Å². The summed E-state index contributed by atoms with van der Waals surface area (Å²) < 4.78 is 43.4. The molecule has 1 N–H and O–H groups in total. The van der Waals surface area contributed by atoms with Crippen LogP contribution in [0.15, 0.2) is 90.2 Å². The van der Waals surface area contributed by atoms with Crippen LogP contribution < -0.4 is 10.1 Å². The van der Waals surface area contributed by atoms with Gasteiger partial charge in [0.2, 0.25) is 5.91 Å². The van der Waals surface area contributed by atoms with Crippen molar-refractivity contribution < 1.29 is 22.7 Å². The van der Waals surface area contributed by atoms with Crippen molar-refractivity contribution in [2.24, 2.45) is 0 Å². The number of hydrogen-bond acceptors (Lipinski definition) is 4. The fraction of sp³-hybridized carbons (Fsp3) is 0.0833. The highest BCUT2D eigenvalue weighted by molar-refractivity contribution is 7.99. The number of carbonyl (C=O) groups is 1. The van der Waals surface area contributed by atoms with Crippen LogP contribution in [0, 0.1) is 0 Å². The molecule has 0 spiro atoms. The maximum atomic E-state index is 12.5. The van der Waals surface area contributed by atoms with Gasteiger partial charge in [-0.3, -0.25) is 9.36 Å². The molecule has 0 aliphatic carbocycles. The lowest BCUT2D eigenvalue weighted by molar-refractivity contribution is -0.274. The molecule has 0 bridgehead atoms. The van der Waals surface area contributed by atoms with Crippen LogP contribution in [0.5, 0.6) is 5.75 Å². The Morgan fingerprint density at radius 3 is 2.32 bits per heavy atom. The minimum Gasteiger partial charge on any atom is -0.406 e. The van der Waals surface area contributed by atoms with E-state index in [4.69, 9.17) is 11.6 Å². The Balaban J connectivity index is 1.58. The molecule has 0 unspecified atom stereocenters. The third-order valence-corrected chi connectivity index (χ3v) is 5.79. The summed E-state index contributed by atoms with van der Waals surface area (Å²) >= 11 is 7.07. The molecule has 5 nitrogen and oxygen atoms in total. The van der Waals surface area contributed by atoms with E-state index in [-0.39, 0.29) is 17.4 Å². The molecular weight excluding hydrogens is 487 g/mol. The Bertz CT molecular complexity index is 1260. The number of nitrogens with zero attached hydrogens (tertiary/aromatic N) is 2. The molecule has 1 aromatic heterocycles. The molecule has 0 aliphatic heterocycles. The van der Waals surface area contributed by atoms with E-state index in [1.807, 2.05) is 30.3 Å². The zero-order chi connectivity index (χ0) is 24.1. The second-order valence-corrected chi connectivity index (χ2v) is 8.39. The fourth-order valence-corrected chi connectivity index (χ4v) is 4.07. The quantitative estimate of drug-likeness (QED) is 0.281. The number of anilines is 1. The Hall–Kier alpha value is -3.43. The van der Waals surface area contributed by atoms with Gasteiger partial charge in [-0.05, 0) is 48.5 Å². The van der Waals surface area contributed by atoms with E-state index >= 15 is 0 Å². The lowest BCUT2D eigenvalue weighted by Crippen LogP contribution is -2.17. The molecule has 4 aromatic rings. The van der Waals surface area contributed by atoms with Crippen molar-refractivity contribution >= 4 is 35.0 Å². The van der Waals surface area contributed by atoms with Gasteiger partial charge in [-0.1, -0.05) is 53.7 Å². The summed E-state index contributed by atoms with van der Waals surface area (Å²) in [6.07, 6.45) is -3.11. The summed E-state index contributed by atoms with van der Waals surface area (Å²) in [6, 6.07) is 21.7. The highest BCUT2D eigenvalue weighted by atomic mass is 35.5. The number of benzene rings is 3. The van der Waals surface area contributed by atoms with Crippen LogP contribution in [0.1, 0.15) is 0 Å². The van der Waals surface area contributed by atoms with Gasteiger partial charge in [0.15, 0.2) is 5.16 Å². The zero-order valence-corrected chi connectivity index (χ0v) is 19.0. The third kappa shape index (κ3) is 6.12. The van der Waals surface area contributed by atoms with E-state index < -0.39 is 6.36 Å². The van der Waals surface area contributed by atoms with E-state index in [1.165, 1.54) is 36.0 Å². The minimum atomic E-state index is -4.77. The van der Waals surface area contributed by atoms with Crippen molar-refractivity contribution in [1.29, 1.82) is 0 Å². The van der Waals surface area contributed by atoms with E-state index in [1.54, 1.807) is 35.0 Å². The molecule has 3 aromatic carbocycles. The summed E-state index contributed by atoms with van der Waals surface area (Å²) in [5, 5.41) is 3.86.